The van der Waals surface area contributed by atoms with Crippen molar-refractivity contribution in [2.24, 2.45) is 0 Å². The predicted octanol–water partition coefficient (Wildman–Crippen LogP) is 1.77. The molecule has 0 spiro atoms. The van der Waals surface area contributed by atoms with Gasteiger partial charge in [-0.25, -0.2) is 4.39 Å². The molecule has 1 N–H and O–H groups in total. The molecule has 0 heterocycles. The third-order valence-corrected chi connectivity index (χ3v) is 2.18. The summed E-state index contributed by atoms with van der Waals surface area (Å²) in [6, 6.07) is 2.87. The molecular weight excluding hydrogens is 199 g/mol. The molecular formula is C11H15FO3. The molecule has 0 aliphatic rings. The van der Waals surface area contributed by atoms with E-state index >= 15 is 0 Å². The number of aliphatic hydroxyl groups excluding tert-OH is 1. The van der Waals surface area contributed by atoms with Gasteiger partial charge in [-0.2, -0.15) is 0 Å². The van der Waals surface area contributed by atoms with Gasteiger partial charge in [0.15, 0.2) is 11.5 Å². The molecule has 0 aliphatic heterocycles. The molecule has 1 aromatic rings. The van der Waals surface area contributed by atoms with E-state index in [1.54, 1.807) is 0 Å². The second kappa shape index (κ2) is 5.56. The van der Waals surface area contributed by atoms with Crippen molar-refractivity contribution in [2.45, 2.75) is 12.8 Å². The van der Waals surface area contributed by atoms with Gasteiger partial charge in [-0.1, -0.05) is 0 Å². The zero-order valence-corrected chi connectivity index (χ0v) is 8.92. The van der Waals surface area contributed by atoms with E-state index in [0.717, 1.165) is 0 Å². The van der Waals surface area contributed by atoms with Gasteiger partial charge in [0, 0.05) is 12.2 Å². The van der Waals surface area contributed by atoms with Crippen LogP contribution >= 0.6 is 0 Å². The fourth-order valence-electron chi connectivity index (χ4n) is 1.46. The Hall–Kier alpha value is -1.29. The number of methoxy groups -OCH3 is 2. The first-order valence-corrected chi connectivity index (χ1v) is 4.74. The molecule has 0 aliphatic carbocycles. The van der Waals surface area contributed by atoms with Crippen LogP contribution in [0.5, 0.6) is 11.5 Å². The van der Waals surface area contributed by atoms with E-state index in [0.29, 0.717) is 29.9 Å². The second-order valence-electron chi connectivity index (χ2n) is 3.09. The zero-order chi connectivity index (χ0) is 11.3. The van der Waals surface area contributed by atoms with Crippen LogP contribution < -0.4 is 9.47 Å². The fraction of sp³-hybridized carbons (Fsp3) is 0.455. The van der Waals surface area contributed by atoms with Crippen molar-refractivity contribution in [3.05, 3.63) is 23.5 Å². The lowest BCUT2D eigenvalue weighted by atomic mass is 10.1. The Morgan fingerprint density at radius 2 is 2.00 bits per heavy atom. The minimum absolute atomic E-state index is 0.0276. The molecule has 0 atom stereocenters. The first kappa shape index (κ1) is 11.8. The average Bonchev–Trinajstić information content (AvgIpc) is 2.27. The first-order chi connectivity index (χ1) is 7.24. The van der Waals surface area contributed by atoms with Crippen molar-refractivity contribution in [1.82, 2.24) is 0 Å². The topological polar surface area (TPSA) is 38.7 Å². The van der Waals surface area contributed by atoms with Crippen LogP contribution in [0, 0.1) is 5.82 Å². The summed E-state index contributed by atoms with van der Waals surface area (Å²) in [7, 11) is 2.98. The second-order valence-corrected chi connectivity index (χ2v) is 3.09. The van der Waals surface area contributed by atoms with Crippen LogP contribution in [0.2, 0.25) is 0 Å². The van der Waals surface area contributed by atoms with Crippen LogP contribution in [0.3, 0.4) is 0 Å². The van der Waals surface area contributed by atoms with Crippen LogP contribution in [0.4, 0.5) is 4.39 Å². The molecule has 1 aromatic carbocycles. The number of hydrogen-bond donors (Lipinski definition) is 1. The number of benzene rings is 1. The first-order valence-electron chi connectivity index (χ1n) is 4.74. The molecule has 0 fully saturated rings. The van der Waals surface area contributed by atoms with E-state index in [2.05, 4.69) is 0 Å². The largest absolute Gasteiger partial charge is 0.493 e. The molecule has 0 unspecified atom stereocenters. The molecule has 84 valence electrons. The van der Waals surface area contributed by atoms with Gasteiger partial charge in [-0.05, 0) is 25.0 Å². The third kappa shape index (κ3) is 2.59. The Kier molecular flexibility index (Phi) is 4.37. The lowest BCUT2D eigenvalue weighted by molar-refractivity contribution is 0.286. The van der Waals surface area contributed by atoms with E-state index in [1.807, 2.05) is 0 Å². The number of ether oxygens (including phenoxy) is 2. The van der Waals surface area contributed by atoms with Gasteiger partial charge >= 0.3 is 0 Å². The van der Waals surface area contributed by atoms with Crippen LogP contribution in [-0.4, -0.2) is 25.9 Å². The molecule has 3 nitrogen and oxygen atoms in total. The van der Waals surface area contributed by atoms with Crippen LogP contribution in [0.25, 0.3) is 0 Å². The summed E-state index contributed by atoms with van der Waals surface area (Å²) in [6.45, 7) is 0.0276. The molecule has 0 aromatic heterocycles. The molecule has 0 amide bonds. The third-order valence-electron chi connectivity index (χ3n) is 2.18. The SMILES string of the molecule is COc1ccc(F)c(CCCO)c1OC. The average molecular weight is 214 g/mol. The van der Waals surface area contributed by atoms with Crippen LogP contribution in [0.15, 0.2) is 12.1 Å². The van der Waals surface area contributed by atoms with Gasteiger partial charge in [-0.3, -0.25) is 0 Å². The maximum Gasteiger partial charge on any atom is 0.166 e. The summed E-state index contributed by atoms with van der Waals surface area (Å²) in [4.78, 5) is 0. The van der Waals surface area contributed by atoms with Gasteiger partial charge in [0.2, 0.25) is 0 Å². The van der Waals surface area contributed by atoms with Gasteiger partial charge in [0.05, 0.1) is 14.2 Å². The summed E-state index contributed by atoms with van der Waals surface area (Å²) in [5.41, 5.74) is 0.450. The monoisotopic (exact) mass is 214 g/mol. The van der Waals surface area contributed by atoms with E-state index in [9.17, 15) is 4.39 Å². The van der Waals surface area contributed by atoms with Crippen molar-refractivity contribution in [3.63, 3.8) is 0 Å². The Balaban J connectivity index is 3.07. The normalized spacial score (nSPS) is 10.1. The van der Waals surface area contributed by atoms with Gasteiger partial charge in [0.25, 0.3) is 0 Å². The number of rotatable bonds is 5. The summed E-state index contributed by atoms with van der Waals surface area (Å²) >= 11 is 0. The zero-order valence-electron chi connectivity index (χ0n) is 8.92. The standard InChI is InChI=1S/C11H15FO3/c1-14-10-6-5-9(12)8(4-3-7-13)11(10)15-2/h5-6,13H,3-4,7H2,1-2H3. The van der Waals surface area contributed by atoms with Crippen molar-refractivity contribution in [1.29, 1.82) is 0 Å². The molecule has 1 rings (SSSR count). The van der Waals surface area contributed by atoms with Gasteiger partial charge in [0.1, 0.15) is 5.82 Å². The van der Waals surface area contributed by atoms with Crippen LogP contribution in [0.1, 0.15) is 12.0 Å². The van der Waals surface area contributed by atoms with E-state index in [1.165, 1.54) is 26.4 Å². The summed E-state index contributed by atoms with van der Waals surface area (Å²) < 4.78 is 23.6. The van der Waals surface area contributed by atoms with Gasteiger partial charge < -0.3 is 14.6 Å². The highest BCUT2D eigenvalue weighted by molar-refractivity contribution is 5.47. The summed E-state index contributed by atoms with van der Waals surface area (Å²) in [5, 5.41) is 8.71. The number of hydrogen-bond acceptors (Lipinski definition) is 3. The Bertz CT molecular complexity index is 326. The smallest absolute Gasteiger partial charge is 0.166 e. The summed E-state index contributed by atoms with van der Waals surface area (Å²) in [6.07, 6.45) is 0.934. The predicted molar refractivity (Wildman–Crippen MR) is 54.9 cm³/mol. The molecule has 15 heavy (non-hydrogen) atoms. The number of halogens is 1. The molecule has 4 heteroatoms. The summed E-state index contributed by atoms with van der Waals surface area (Å²) in [5.74, 6) is 0.582. The molecule has 0 saturated carbocycles. The lowest BCUT2D eigenvalue weighted by Gasteiger charge is -2.12. The van der Waals surface area contributed by atoms with E-state index in [-0.39, 0.29) is 12.4 Å². The molecule has 0 radical (unpaired) electrons. The Labute approximate surface area is 88.4 Å². The Morgan fingerprint density at radius 1 is 1.27 bits per heavy atom. The van der Waals surface area contributed by atoms with E-state index in [4.69, 9.17) is 14.6 Å². The van der Waals surface area contributed by atoms with Gasteiger partial charge in [-0.15, -0.1) is 0 Å². The fourth-order valence-corrected chi connectivity index (χ4v) is 1.46. The maximum atomic E-state index is 13.5. The molecule has 0 bridgehead atoms. The van der Waals surface area contributed by atoms with Crippen molar-refractivity contribution in [2.75, 3.05) is 20.8 Å². The minimum atomic E-state index is -0.332. The Morgan fingerprint density at radius 3 is 2.53 bits per heavy atom. The molecule has 0 saturated heterocycles. The van der Waals surface area contributed by atoms with Crippen molar-refractivity contribution >= 4 is 0 Å². The van der Waals surface area contributed by atoms with Crippen molar-refractivity contribution < 1.29 is 19.0 Å². The highest BCUT2D eigenvalue weighted by Crippen LogP contribution is 2.33. The highest BCUT2D eigenvalue weighted by atomic mass is 19.1. The maximum absolute atomic E-state index is 13.5. The minimum Gasteiger partial charge on any atom is -0.493 e. The van der Waals surface area contributed by atoms with Crippen LogP contribution in [-0.2, 0) is 6.42 Å². The highest BCUT2D eigenvalue weighted by Gasteiger charge is 2.14. The van der Waals surface area contributed by atoms with E-state index < -0.39 is 0 Å². The lowest BCUT2D eigenvalue weighted by Crippen LogP contribution is -2.00. The van der Waals surface area contributed by atoms with Crippen molar-refractivity contribution in [3.8, 4) is 11.5 Å². The quantitative estimate of drug-likeness (QED) is 0.811. The number of aliphatic hydroxyl groups is 1.